The molecule has 1 amide bonds. The van der Waals surface area contributed by atoms with Crippen LogP contribution in [0.4, 0.5) is 4.79 Å². The second-order valence-electron chi connectivity index (χ2n) is 8.59. The molecule has 0 aliphatic carbocycles. The molecule has 2 rings (SSSR count). The largest absolute Gasteiger partial charge is 0.482 e. The number of carbonyl (C=O) groups excluding carboxylic acids is 3. The van der Waals surface area contributed by atoms with E-state index in [-0.39, 0.29) is 18.0 Å². The molecule has 0 spiro atoms. The van der Waals surface area contributed by atoms with E-state index in [9.17, 15) is 19.2 Å². The van der Waals surface area contributed by atoms with Crippen LogP contribution in [0.25, 0.3) is 0 Å². The van der Waals surface area contributed by atoms with E-state index in [1.54, 1.807) is 64.1 Å². The SMILES string of the molecule is CC(CC(=O)c1ccc(C=NNC(=O)OC(C)(C)C)cc1)C(=O)c1ccc(OCC(=O)O)cc1. The molecule has 0 aliphatic heterocycles. The minimum absolute atomic E-state index is 0.0315. The Morgan fingerprint density at radius 3 is 2.15 bits per heavy atom. The summed E-state index contributed by atoms with van der Waals surface area (Å²) in [6.07, 6.45) is 0.786. The van der Waals surface area contributed by atoms with Gasteiger partial charge in [0.2, 0.25) is 0 Å². The first-order valence-corrected chi connectivity index (χ1v) is 10.6. The van der Waals surface area contributed by atoms with Gasteiger partial charge < -0.3 is 14.6 Å². The molecule has 34 heavy (non-hydrogen) atoms. The number of nitrogens with one attached hydrogen (secondary N) is 1. The van der Waals surface area contributed by atoms with Crippen molar-refractivity contribution in [3.05, 3.63) is 65.2 Å². The molecule has 180 valence electrons. The number of carboxylic acids is 1. The quantitative estimate of drug-likeness (QED) is 0.305. The lowest BCUT2D eigenvalue weighted by molar-refractivity contribution is -0.139. The fourth-order valence-electron chi connectivity index (χ4n) is 2.85. The van der Waals surface area contributed by atoms with Crippen molar-refractivity contribution in [2.45, 2.75) is 39.7 Å². The third-order valence-corrected chi connectivity index (χ3v) is 4.44. The number of rotatable bonds is 10. The maximum absolute atomic E-state index is 12.7. The molecule has 2 N–H and O–H groups in total. The van der Waals surface area contributed by atoms with E-state index in [0.29, 0.717) is 22.4 Å². The second-order valence-corrected chi connectivity index (χ2v) is 8.59. The van der Waals surface area contributed by atoms with E-state index < -0.39 is 30.2 Å². The molecule has 0 saturated heterocycles. The molecule has 0 bridgehead atoms. The average Bonchev–Trinajstić information content (AvgIpc) is 2.76. The highest BCUT2D eigenvalue weighted by atomic mass is 16.6. The number of aliphatic carboxylic acids is 1. The number of hydrogen-bond acceptors (Lipinski definition) is 7. The van der Waals surface area contributed by atoms with Gasteiger partial charge in [-0.05, 0) is 50.6 Å². The number of ether oxygens (including phenoxy) is 2. The van der Waals surface area contributed by atoms with E-state index in [4.69, 9.17) is 14.6 Å². The number of nitrogens with zero attached hydrogens (tertiary/aromatic N) is 1. The summed E-state index contributed by atoms with van der Waals surface area (Å²) in [6.45, 7) is 6.45. The predicted octanol–water partition coefficient (Wildman–Crippen LogP) is 4.10. The highest BCUT2D eigenvalue weighted by molar-refractivity contribution is 6.03. The smallest absolute Gasteiger partial charge is 0.428 e. The predicted molar refractivity (Wildman–Crippen MR) is 125 cm³/mol. The maximum atomic E-state index is 12.7. The van der Waals surface area contributed by atoms with E-state index >= 15 is 0 Å². The van der Waals surface area contributed by atoms with Crippen LogP contribution in [-0.2, 0) is 9.53 Å². The van der Waals surface area contributed by atoms with Crippen LogP contribution < -0.4 is 10.2 Å². The highest BCUT2D eigenvalue weighted by Crippen LogP contribution is 2.19. The summed E-state index contributed by atoms with van der Waals surface area (Å²) in [5.74, 6) is -1.68. The zero-order valence-electron chi connectivity index (χ0n) is 19.5. The molecule has 0 saturated carbocycles. The van der Waals surface area contributed by atoms with Crippen LogP contribution in [0.5, 0.6) is 5.75 Å². The summed E-state index contributed by atoms with van der Waals surface area (Å²) in [7, 11) is 0. The molecule has 0 aliphatic rings. The Hall–Kier alpha value is -4.01. The van der Waals surface area contributed by atoms with Crippen LogP contribution in [0.3, 0.4) is 0 Å². The normalized spacial score (nSPS) is 12.1. The lowest BCUT2D eigenvalue weighted by Crippen LogP contribution is -2.29. The first kappa shape index (κ1) is 26.2. The van der Waals surface area contributed by atoms with E-state index in [0.717, 1.165) is 0 Å². The zero-order valence-corrected chi connectivity index (χ0v) is 19.5. The second kappa shape index (κ2) is 11.7. The molecule has 0 fully saturated rings. The van der Waals surface area contributed by atoms with E-state index in [2.05, 4.69) is 10.5 Å². The first-order valence-electron chi connectivity index (χ1n) is 10.6. The van der Waals surface area contributed by atoms with Crippen LogP contribution in [-0.4, -0.2) is 47.2 Å². The van der Waals surface area contributed by atoms with Gasteiger partial charge in [0.25, 0.3) is 0 Å². The Labute approximate surface area is 197 Å². The number of carbonyl (C=O) groups is 4. The van der Waals surface area contributed by atoms with Gasteiger partial charge in [-0.2, -0.15) is 5.10 Å². The molecular weight excluding hydrogens is 440 g/mol. The fourth-order valence-corrected chi connectivity index (χ4v) is 2.85. The summed E-state index contributed by atoms with van der Waals surface area (Å²) >= 11 is 0. The molecule has 9 heteroatoms. The van der Waals surface area contributed by atoms with Crippen molar-refractivity contribution in [3.8, 4) is 5.75 Å². The molecule has 0 heterocycles. The van der Waals surface area contributed by atoms with Crippen molar-refractivity contribution in [1.29, 1.82) is 0 Å². The lowest BCUT2D eigenvalue weighted by Gasteiger charge is -2.18. The van der Waals surface area contributed by atoms with Crippen molar-refractivity contribution in [3.63, 3.8) is 0 Å². The van der Waals surface area contributed by atoms with Gasteiger partial charge in [-0.1, -0.05) is 31.2 Å². The van der Waals surface area contributed by atoms with Gasteiger partial charge in [-0.25, -0.2) is 15.0 Å². The van der Waals surface area contributed by atoms with Crippen LogP contribution in [0.2, 0.25) is 0 Å². The molecule has 0 radical (unpaired) electrons. The summed E-state index contributed by atoms with van der Waals surface area (Å²) in [5, 5.41) is 12.5. The maximum Gasteiger partial charge on any atom is 0.428 e. The third-order valence-electron chi connectivity index (χ3n) is 4.44. The molecule has 1 unspecified atom stereocenters. The molecule has 1 atom stereocenters. The van der Waals surface area contributed by atoms with Crippen LogP contribution >= 0.6 is 0 Å². The van der Waals surface area contributed by atoms with Gasteiger partial charge in [-0.15, -0.1) is 0 Å². The Balaban J connectivity index is 1.89. The highest BCUT2D eigenvalue weighted by Gasteiger charge is 2.20. The number of ketones is 2. The minimum atomic E-state index is -1.09. The average molecular weight is 469 g/mol. The Morgan fingerprint density at radius 1 is 1.00 bits per heavy atom. The standard InChI is InChI=1S/C25H28N2O7/c1-16(23(31)19-9-11-20(12-10-19)33-15-22(29)30)13-21(28)18-7-5-17(6-8-18)14-26-27-24(32)34-25(2,3)4/h5-12,14,16H,13,15H2,1-4H3,(H,27,32)(H,29,30). The lowest BCUT2D eigenvalue weighted by atomic mass is 9.92. The van der Waals surface area contributed by atoms with Crippen molar-refractivity contribution in [2.24, 2.45) is 11.0 Å². The van der Waals surface area contributed by atoms with Gasteiger partial charge >= 0.3 is 12.1 Å². The molecular formula is C25H28N2O7. The number of amides is 1. The van der Waals surface area contributed by atoms with Crippen molar-refractivity contribution in [1.82, 2.24) is 5.43 Å². The van der Waals surface area contributed by atoms with Gasteiger partial charge in [0.15, 0.2) is 18.2 Å². The fraction of sp³-hybridized carbons (Fsp3) is 0.320. The Morgan fingerprint density at radius 2 is 1.59 bits per heavy atom. The van der Waals surface area contributed by atoms with Gasteiger partial charge in [-0.3, -0.25) is 9.59 Å². The monoisotopic (exact) mass is 468 g/mol. The number of carboxylic acid groups (broad SMARTS) is 1. The van der Waals surface area contributed by atoms with Crippen LogP contribution in [0, 0.1) is 5.92 Å². The van der Waals surface area contributed by atoms with Crippen molar-refractivity contribution < 1.29 is 33.8 Å². The van der Waals surface area contributed by atoms with E-state index in [1.165, 1.54) is 18.3 Å². The third kappa shape index (κ3) is 8.85. The Bertz CT molecular complexity index is 1050. The zero-order chi connectivity index (χ0) is 25.3. The molecule has 9 nitrogen and oxygen atoms in total. The van der Waals surface area contributed by atoms with Gasteiger partial charge in [0, 0.05) is 23.5 Å². The summed E-state index contributed by atoms with van der Waals surface area (Å²) in [5.41, 5.74) is 3.17. The van der Waals surface area contributed by atoms with Gasteiger partial charge in [0.1, 0.15) is 11.4 Å². The van der Waals surface area contributed by atoms with Crippen molar-refractivity contribution >= 4 is 29.8 Å². The number of benzene rings is 2. The molecule has 0 aromatic heterocycles. The van der Waals surface area contributed by atoms with Crippen molar-refractivity contribution in [2.75, 3.05) is 6.61 Å². The van der Waals surface area contributed by atoms with Crippen LogP contribution in [0.1, 0.15) is 60.4 Å². The van der Waals surface area contributed by atoms with Gasteiger partial charge in [0.05, 0.1) is 6.21 Å². The summed E-state index contributed by atoms with van der Waals surface area (Å²) in [6, 6.07) is 12.7. The molecule has 2 aromatic rings. The van der Waals surface area contributed by atoms with E-state index in [1.807, 2.05) is 0 Å². The first-order chi connectivity index (χ1) is 15.9. The topological polar surface area (TPSA) is 131 Å². The number of hydrogen-bond donors (Lipinski definition) is 2. The van der Waals surface area contributed by atoms with Crippen LogP contribution in [0.15, 0.2) is 53.6 Å². The minimum Gasteiger partial charge on any atom is -0.482 e. The number of hydrazone groups is 1. The summed E-state index contributed by atoms with van der Waals surface area (Å²) in [4.78, 5) is 47.4. The number of Topliss-reactive ketones (excluding diaryl/α,β-unsaturated/α-hetero) is 2. The Kier molecular flexibility index (Phi) is 9.06. The summed E-state index contributed by atoms with van der Waals surface area (Å²) < 4.78 is 10.1. The molecule has 2 aromatic carbocycles.